The first-order chi connectivity index (χ1) is 9.74. The number of aromatic nitrogens is 2. The second kappa shape index (κ2) is 7.14. The van der Waals surface area contributed by atoms with Crippen LogP contribution < -0.4 is 5.32 Å². The third kappa shape index (κ3) is 3.36. The van der Waals surface area contributed by atoms with Gasteiger partial charge in [0, 0.05) is 18.5 Å². The zero-order chi connectivity index (χ0) is 14.5. The Morgan fingerprint density at radius 3 is 2.20 bits per heavy atom. The highest BCUT2D eigenvalue weighted by Crippen LogP contribution is 2.42. The second-order valence-corrected chi connectivity index (χ2v) is 5.51. The zero-order valence-electron chi connectivity index (χ0n) is 13.2. The number of methoxy groups -OCH3 is 1. The maximum Gasteiger partial charge on any atom is 0.157 e. The Hall–Kier alpha value is -1.00. The van der Waals surface area contributed by atoms with Gasteiger partial charge in [0.15, 0.2) is 5.82 Å². The molecule has 0 bridgehead atoms. The van der Waals surface area contributed by atoms with Gasteiger partial charge in [0.2, 0.25) is 0 Å². The topological polar surface area (TPSA) is 47.0 Å². The van der Waals surface area contributed by atoms with Gasteiger partial charge in [-0.15, -0.1) is 0 Å². The van der Waals surface area contributed by atoms with Gasteiger partial charge in [0.25, 0.3) is 0 Å². The Morgan fingerprint density at radius 2 is 1.80 bits per heavy atom. The number of rotatable bonds is 8. The van der Waals surface area contributed by atoms with E-state index in [-0.39, 0.29) is 6.10 Å². The predicted molar refractivity (Wildman–Crippen MR) is 80.9 cm³/mol. The van der Waals surface area contributed by atoms with Gasteiger partial charge in [-0.3, -0.25) is 0 Å². The van der Waals surface area contributed by atoms with Crippen LogP contribution in [0.4, 0.5) is 0 Å². The van der Waals surface area contributed by atoms with E-state index in [1.807, 2.05) is 7.05 Å². The molecule has 2 rings (SSSR count). The second-order valence-electron chi connectivity index (χ2n) is 5.51. The van der Waals surface area contributed by atoms with E-state index in [1.54, 1.807) is 7.11 Å². The van der Waals surface area contributed by atoms with Gasteiger partial charge < -0.3 is 10.1 Å². The lowest BCUT2D eigenvalue weighted by Gasteiger charge is -2.18. The number of aryl methyl sites for hydroxylation is 2. The van der Waals surface area contributed by atoms with Crippen molar-refractivity contribution in [2.45, 2.75) is 52.1 Å². The maximum atomic E-state index is 5.64. The van der Waals surface area contributed by atoms with Gasteiger partial charge in [0.1, 0.15) is 6.10 Å². The molecule has 1 aliphatic rings. The SMILES string of the molecule is CCc1nc(C(OC)C2CC2)nc(CC)c1CCNC. The van der Waals surface area contributed by atoms with Crippen molar-refractivity contribution in [3.05, 3.63) is 22.8 Å². The van der Waals surface area contributed by atoms with Gasteiger partial charge in [-0.25, -0.2) is 9.97 Å². The third-order valence-corrected chi connectivity index (χ3v) is 4.05. The molecule has 1 heterocycles. The Labute approximate surface area is 122 Å². The van der Waals surface area contributed by atoms with Gasteiger partial charge in [-0.1, -0.05) is 13.8 Å². The van der Waals surface area contributed by atoms with E-state index in [0.29, 0.717) is 5.92 Å². The fourth-order valence-electron chi connectivity index (χ4n) is 2.76. The summed E-state index contributed by atoms with van der Waals surface area (Å²) in [6.45, 7) is 5.32. The Morgan fingerprint density at radius 1 is 1.20 bits per heavy atom. The van der Waals surface area contributed by atoms with Crippen molar-refractivity contribution in [3.8, 4) is 0 Å². The van der Waals surface area contributed by atoms with Gasteiger partial charge in [0.05, 0.1) is 0 Å². The summed E-state index contributed by atoms with van der Waals surface area (Å²) >= 11 is 0. The van der Waals surface area contributed by atoms with Crippen LogP contribution in [0.1, 0.15) is 55.6 Å². The van der Waals surface area contributed by atoms with Gasteiger partial charge in [-0.2, -0.15) is 0 Å². The van der Waals surface area contributed by atoms with Gasteiger partial charge in [-0.05, 0) is 57.2 Å². The van der Waals surface area contributed by atoms with E-state index < -0.39 is 0 Å². The molecular formula is C16H27N3O. The molecule has 4 heteroatoms. The quantitative estimate of drug-likeness (QED) is 0.793. The molecule has 20 heavy (non-hydrogen) atoms. The molecule has 1 aromatic heterocycles. The molecule has 0 aliphatic heterocycles. The number of nitrogens with one attached hydrogen (secondary N) is 1. The van der Waals surface area contributed by atoms with Crippen molar-refractivity contribution in [2.24, 2.45) is 5.92 Å². The highest BCUT2D eigenvalue weighted by Gasteiger charge is 2.35. The standard InChI is InChI=1S/C16H27N3O/c1-5-13-12(9-10-17-3)14(6-2)19-16(18-13)15(20-4)11-7-8-11/h11,15,17H,5-10H2,1-4H3. The van der Waals surface area contributed by atoms with Crippen molar-refractivity contribution < 1.29 is 4.74 Å². The monoisotopic (exact) mass is 277 g/mol. The van der Waals surface area contributed by atoms with Crippen LogP contribution in [-0.2, 0) is 24.0 Å². The molecule has 4 nitrogen and oxygen atoms in total. The average molecular weight is 277 g/mol. The Kier molecular flexibility index (Phi) is 5.49. The fraction of sp³-hybridized carbons (Fsp3) is 0.750. The molecule has 1 fully saturated rings. The highest BCUT2D eigenvalue weighted by atomic mass is 16.5. The minimum atomic E-state index is 0.0870. The lowest BCUT2D eigenvalue weighted by atomic mass is 10.0. The average Bonchev–Trinajstić information content (AvgIpc) is 3.30. The largest absolute Gasteiger partial charge is 0.373 e. The molecule has 0 aromatic carbocycles. The van der Waals surface area contributed by atoms with Crippen LogP contribution in [0.15, 0.2) is 0 Å². The molecule has 1 N–H and O–H groups in total. The zero-order valence-corrected chi connectivity index (χ0v) is 13.2. The normalized spacial score (nSPS) is 16.4. The van der Waals surface area contributed by atoms with Gasteiger partial charge >= 0.3 is 0 Å². The van der Waals surface area contributed by atoms with Crippen molar-refractivity contribution >= 4 is 0 Å². The summed E-state index contributed by atoms with van der Waals surface area (Å²) in [7, 11) is 3.76. The van der Waals surface area contributed by atoms with Crippen LogP contribution in [-0.4, -0.2) is 30.7 Å². The van der Waals surface area contributed by atoms with Crippen LogP contribution >= 0.6 is 0 Å². The van der Waals surface area contributed by atoms with Crippen LogP contribution in [0.3, 0.4) is 0 Å². The first-order valence-electron chi connectivity index (χ1n) is 7.81. The summed E-state index contributed by atoms with van der Waals surface area (Å²) in [5.74, 6) is 1.52. The summed E-state index contributed by atoms with van der Waals surface area (Å²) in [6, 6.07) is 0. The number of hydrogen-bond acceptors (Lipinski definition) is 4. The third-order valence-electron chi connectivity index (χ3n) is 4.05. The predicted octanol–water partition coefficient (Wildman–Crippen LogP) is 2.46. The van der Waals surface area contributed by atoms with Crippen molar-refractivity contribution in [1.29, 1.82) is 0 Å². The number of likely N-dealkylation sites (N-methyl/N-ethyl adjacent to an activating group) is 1. The molecule has 1 unspecified atom stereocenters. The summed E-state index contributed by atoms with van der Waals surface area (Å²) in [5, 5.41) is 3.22. The van der Waals surface area contributed by atoms with E-state index in [4.69, 9.17) is 14.7 Å². The van der Waals surface area contributed by atoms with E-state index >= 15 is 0 Å². The Bertz CT molecular complexity index is 418. The van der Waals surface area contributed by atoms with E-state index in [9.17, 15) is 0 Å². The highest BCUT2D eigenvalue weighted by molar-refractivity contribution is 5.28. The maximum absolute atomic E-state index is 5.64. The summed E-state index contributed by atoms with van der Waals surface area (Å²) in [6.07, 6.45) is 5.50. The molecule has 0 saturated heterocycles. The van der Waals surface area contributed by atoms with Crippen LogP contribution in [0.5, 0.6) is 0 Å². The van der Waals surface area contributed by atoms with Crippen LogP contribution in [0, 0.1) is 5.92 Å². The Balaban J connectivity index is 2.34. The van der Waals surface area contributed by atoms with Crippen LogP contribution in [0.2, 0.25) is 0 Å². The van der Waals surface area contributed by atoms with Crippen molar-refractivity contribution in [3.63, 3.8) is 0 Å². The van der Waals surface area contributed by atoms with Crippen molar-refractivity contribution in [1.82, 2.24) is 15.3 Å². The number of nitrogens with zero attached hydrogens (tertiary/aromatic N) is 2. The van der Waals surface area contributed by atoms with Crippen LogP contribution in [0.25, 0.3) is 0 Å². The molecule has 1 aliphatic carbocycles. The molecule has 0 radical (unpaired) electrons. The molecule has 0 amide bonds. The molecule has 0 spiro atoms. The summed E-state index contributed by atoms with van der Waals surface area (Å²) < 4.78 is 5.64. The van der Waals surface area contributed by atoms with E-state index in [0.717, 1.165) is 31.6 Å². The lowest BCUT2D eigenvalue weighted by molar-refractivity contribution is 0.0767. The smallest absolute Gasteiger partial charge is 0.157 e. The lowest BCUT2D eigenvalue weighted by Crippen LogP contribution is -2.18. The summed E-state index contributed by atoms with van der Waals surface area (Å²) in [4.78, 5) is 9.64. The first kappa shape index (κ1) is 15.4. The van der Waals surface area contributed by atoms with Crippen molar-refractivity contribution in [2.75, 3.05) is 20.7 Å². The minimum Gasteiger partial charge on any atom is -0.373 e. The molecule has 1 saturated carbocycles. The molecular weight excluding hydrogens is 250 g/mol. The number of ether oxygens (including phenoxy) is 1. The number of hydrogen-bond donors (Lipinski definition) is 1. The molecule has 112 valence electrons. The fourth-order valence-corrected chi connectivity index (χ4v) is 2.76. The minimum absolute atomic E-state index is 0.0870. The molecule has 1 atom stereocenters. The van der Waals surface area contributed by atoms with E-state index in [2.05, 4.69) is 19.2 Å². The molecule has 1 aromatic rings. The first-order valence-corrected chi connectivity index (χ1v) is 7.81. The summed E-state index contributed by atoms with van der Waals surface area (Å²) in [5.41, 5.74) is 3.73. The van der Waals surface area contributed by atoms with E-state index in [1.165, 1.54) is 29.8 Å².